The molecular weight excluding hydrogens is 1350 g/mol. The summed E-state index contributed by atoms with van der Waals surface area (Å²) in [7, 11) is 0. The van der Waals surface area contributed by atoms with Gasteiger partial charge in [-0.1, -0.05) is 205 Å². The molecule has 10 heteroatoms. The number of rotatable bonds is 11. The van der Waals surface area contributed by atoms with Gasteiger partial charge >= 0.3 is 0 Å². The summed E-state index contributed by atoms with van der Waals surface area (Å²) in [6.45, 7) is 4.17. The molecular formula is C86H62Br2Cl2N6. The molecule has 14 aromatic carbocycles. The Hall–Kier alpha value is -10.6. The smallest absolute Gasteiger partial charge is 0.0887 e. The third-order valence-electron chi connectivity index (χ3n) is 17.4. The van der Waals surface area contributed by atoms with Crippen molar-refractivity contribution in [2.75, 3.05) is 15.1 Å². The van der Waals surface area contributed by atoms with Crippen LogP contribution in [0.15, 0.2) is 343 Å². The van der Waals surface area contributed by atoms with Crippen molar-refractivity contribution in [3.63, 3.8) is 0 Å². The van der Waals surface area contributed by atoms with Crippen LogP contribution in [0.2, 0.25) is 10.0 Å². The number of hydrogen-bond acceptors (Lipinski definition) is 3. The van der Waals surface area contributed by atoms with E-state index in [4.69, 9.17) is 23.2 Å². The first kappa shape index (κ1) is 61.6. The molecule has 96 heavy (non-hydrogen) atoms. The maximum atomic E-state index is 7.87. The molecule has 0 atom stereocenters. The van der Waals surface area contributed by atoms with Gasteiger partial charge in [0.2, 0.25) is 0 Å². The van der Waals surface area contributed by atoms with Gasteiger partial charge in [0.25, 0.3) is 0 Å². The van der Waals surface area contributed by atoms with Gasteiger partial charge in [-0.25, -0.2) is 0 Å². The lowest BCUT2D eigenvalue weighted by Crippen LogP contribution is -2.15. The van der Waals surface area contributed by atoms with Gasteiger partial charge in [0.15, 0.2) is 0 Å². The van der Waals surface area contributed by atoms with Gasteiger partial charge < -0.3 is 28.8 Å². The Labute approximate surface area is 585 Å². The number of aryl methyl sites for hydroxylation is 2. The second-order valence-corrected chi connectivity index (χ2v) is 26.2. The Morgan fingerprint density at radius 2 is 0.552 bits per heavy atom. The number of anilines is 8. The largest absolute Gasteiger partial charge is 0.355 e. The highest BCUT2D eigenvalue weighted by Gasteiger charge is 2.25. The molecule has 0 radical (unpaired) electrons. The van der Waals surface area contributed by atoms with Crippen molar-refractivity contribution in [3.8, 4) is 17.1 Å². The molecule has 17 rings (SSSR count). The van der Waals surface area contributed by atoms with Crippen molar-refractivity contribution in [1.82, 2.24) is 13.7 Å². The number of nitrogens with zero attached hydrogens (tertiary/aromatic N) is 5. The minimum Gasteiger partial charge on any atom is -0.355 e. The third-order valence-corrected chi connectivity index (χ3v) is 19.9. The molecule has 0 aliphatic heterocycles. The first-order chi connectivity index (χ1) is 47.1. The summed E-state index contributed by atoms with van der Waals surface area (Å²) >= 11 is 20.4. The fraction of sp³-hybridized carbons (Fsp3) is 0.0233. The first-order valence-corrected chi connectivity index (χ1v) is 34.2. The molecule has 0 aliphatic carbocycles. The zero-order valence-corrected chi connectivity index (χ0v) is 57.2. The number of nitrogens with one attached hydrogen (secondary N) is 1. The van der Waals surface area contributed by atoms with Gasteiger partial charge in [-0.2, -0.15) is 0 Å². The molecule has 0 unspecified atom stereocenters. The van der Waals surface area contributed by atoms with E-state index in [0.29, 0.717) is 5.02 Å². The summed E-state index contributed by atoms with van der Waals surface area (Å²) in [5.74, 6) is 0. The van der Waals surface area contributed by atoms with E-state index in [9.17, 15) is 0 Å². The lowest BCUT2D eigenvalue weighted by Gasteiger charge is -2.32. The highest BCUT2D eigenvalue weighted by Crippen LogP contribution is 2.49. The highest BCUT2D eigenvalue weighted by atomic mass is 79.9. The van der Waals surface area contributed by atoms with E-state index in [2.05, 4.69) is 371 Å². The Morgan fingerprint density at radius 1 is 0.271 bits per heavy atom. The quantitative estimate of drug-likeness (QED) is 0.131. The molecule has 0 fully saturated rings. The topological polar surface area (TPSA) is 33.3 Å². The Balaban J connectivity index is 0.000000171. The Bertz CT molecular complexity index is 5280. The number of para-hydroxylation sites is 9. The van der Waals surface area contributed by atoms with E-state index in [0.717, 1.165) is 82.1 Å². The minimum absolute atomic E-state index is 0.637. The molecule has 1 N–H and O–H groups in total. The van der Waals surface area contributed by atoms with E-state index >= 15 is 0 Å². The lowest BCUT2D eigenvalue weighted by atomic mass is 10.1. The molecule has 0 saturated carbocycles. The van der Waals surface area contributed by atoms with Crippen LogP contribution in [-0.4, -0.2) is 13.7 Å². The summed E-state index contributed by atoms with van der Waals surface area (Å²) in [5, 5.41) is 12.3. The summed E-state index contributed by atoms with van der Waals surface area (Å²) in [5.41, 5.74) is 20.6. The van der Waals surface area contributed by atoms with Crippen LogP contribution in [0.4, 0.5) is 45.5 Å². The van der Waals surface area contributed by atoms with Gasteiger partial charge in [0, 0.05) is 92.4 Å². The zero-order valence-electron chi connectivity index (χ0n) is 52.5. The van der Waals surface area contributed by atoms with E-state index in [1.165, 1.54) is 71.0 Å². The molecule has 3 aromatic heterocycles. The minimum atomic E-state index is 0.637. The van der Waals surface area contributed by atoms with Crippen LogP contribution < -0.4 is 15.1 Å². The predicted octanol–water partition coefficient (Wildman–Crippen LogP) is 26.5. The number of fused-ring (bicyclic) bond motifs is 9. The van der Waals surface area contributed by atoms with Crippen LogP contribution in [0.5, 0.6) is 0 Å². The normalized spacial score (nSPS) is 11.2. The molecule has 3 heterocycles. The van der Waals surface area contributed by atoms with Crippen molar-refractivity contribution in [2.45, 2.75) is 13.8 Å². The van der Waals surface area contributed by atoms with Crippen LogP contribution in [0.25, 0.3) is 82.5 Å². The van der Waals surface area contributed by atoms with Crippen molar-refractivity contribution in [1.29, 1.82) is 0 Å². The summed E-state index contributed by atoms with van der Waals surface area (Å²) < 4.78 is 8.92. The molecule has 0 bridgehead atoms. The SMILES string of the molecule is Cc1cc(Br)c(Cl)c(Br)c1.Cc1cc(N(c2ccccc2)c2cccc(-n3c4ccccc4c4ccccc43)c2)c(Cl)c(N(c2ccccc2)c2cccc(-n3c4ccccc4c4ccccc43)c2)c1.c1ccc(Nc2cccc(-n3c4ccccc4c4ccccc43)c2)cc1. The Morgan fingerprint density at radius 3 is 0.917 bits per heavy atom. The summed E-state index contributed by atoms with van der Waals surface area (Å²) in [4.78, 5) is 4.57. The standard InChI is InChI=1S/C55H39ClN4.C24H18N2.C7H5Br2Cl/c1-38-34-53(57(39-18-4-2-5-19-39)41-22-16-24-43(36-41)59-49-30-12-8-26-45(49)46-27-9-13-31-50(46)59)55(56)54(35-38)58(40-20-6-3-7-21-40)42-23-17-25-44(37-42)60-51-32-14-10-28-47(51)48-29-11-15-33-52(48)60;1-2-9-18(10-3-1)25-19-11-8-12-20(17-19)26-23-15-6-4-13-21(23)22-14-5-7-16-24(22)26;1-4-2-5(8)7(10)6(9)3-4/h2-37H,1H3;1-17,25H;2-3H,1H3. The van der Waals surface area contributed by atoms with E-state index in [-0.39, 0.29) is 0 Å². The summed E-state index contributed by atoms with van der Waals surface area (Å²) in [6, 6.07) is 118. The lowest BCUT2D eigenvalue weighted by molar-refractivity contribution is 1.16. The average molecular weight is 1410 g/mol. The van der Waals surface area contributed by atoms with E-state index < -0.39 is 0 Å². The number of aromatic nitrogens is 3. The Kier molecular flexibility index (Phi) is 17.3. The van der Waals surface area contributed by atoms with Crippen molar-refractivity contribution >= 4 is 166 Å². The van der Waals surface area contributed by atoms with E-state index in [1.807, 2.05) is 37.3 Å². The van der Waals surface area contributed by atoms with Crippen molar-refractivity contribution < 1.29 is 0 Å². The second kappa shape index (κ2) is 27.0. The maximum Gasteiger partial charge on any atom is 0.0887 e. The number of benzene rings is 14. The summed E-state index contributed by atoms with van der Waals surface area (Å²) in [6.07, 6.45) is 0. The molecule has 0 spiro atoms. The van der Waals surface area contributed by atoms with Gasteiger partial charge in [-0.05, 0) is 208 Å². The van der Waals surface area contributed by atoms with Crippen LogP contribution in [0.3, 0.4) is 0 Å². The van der Waals surface area contributed by atoms with Gasteiger partial charge in [-0.15, -0.1) is 0 Å². The third kappa shape index (κ3) is 12.0. The van der Waals surface area contributed by atoms with Crippen molar-refractivity contribution in [3.05, 3.63) is 364 Å². The maximum absolute atomic E-state index is 7.87. The van der Waals surface area contributed by atoms with Gasteiger partial charge in [0.1, 0.15) is 0 Å². The second-order valence-electron chi connectivity index (χ2n) is 23.7. The predicted molar refractivity (Wildman–Crippen MR) is 416 cm³/mol. The van der Waals surface area contributed by atoms with Crippen LogP contribution in [0, 0.1) is 13.8 Å². The average Bonchev–Trinajstić information content (AvgIpc) is 1.43. The number of hydrogen-bond donors (Lipinski definition) is 1. The fourth-order valence-corrected chi connectivity index (χ4v) is 15.1. The van der Waals surface area contributed by atoms with Crippen molar-refractivity contribution in [2.24, 2.45) is 0 Å². The molecule has 0 saturated heterocycles. The molecule has 6 nitrogen and oxygen atoms in total. The van der Waals surface area contributed by atoms with Crippen LogP contribution in [-0.2, 0) is 0 Å². The zero-order chi connectivity index (χ0) is 65.2. The molecule has 464 valence electrons. The number of halogens is 4. The van der Waals surface area contributed by atoms with E-state index in [1.54, 1.807) is 0 Å². The van der Waals surface area contributed by atoms with Gasteiger partial charge in [-0.3, -0.25) is 0 Å². The van der Waals surface area contributed by atoms with Gasteiger partial charge in [0.05, 0.1) is 54.5 Å². The first-order valence-electron chi connectivity index (χ1n) is 31.8. The fourth-order valence-electron chi connectivity index (χ4n) is 13.3. The highest BCUT2D eigenvalue weighted by molar-refractivity contribution is 9.11. The molecule has 0 aliphatic rings. The molecule has 0 amide bonds. The molecule has 17 aromatic rings. The monoisotopic (exact) mass is 1410 g/mol. The van der Waals surface area contributed by atoms with Crippen LogP contribution >= 0.6 is 55.1 Å². The van der Waals surface area contributed by atoms with Crippen LogP contribution in [0.1, 0.15) is 11.1 Å².